The monoisotopic (exact) mass is 399 g/mol. The first-order chi connectivity index (χ1) is 14.8. The highest BCUT2D eigenvalue weighted by Gasteiger charge is 2.03. The fourth-order valence-corrected chi connectivity index (χ4v) is 2.88. The lowest BCUT2D eigenvalue weighted by atomic mass is 10.2. The summed E-state index contributed by atoms with van der Waals surface area (Å²) in [7, 11) is 0. The van der Waals surface area contributed by atoms with Gasteiger partial charge in [-0.05, 0) is 60.7 Å². The highest BCUT2D eigenvalue weighted by atomic mass is 16.5. The number of hydrogen-bond acceptors (Lipinski definition) is 4. The molecule has 0 aliphatic carbocycles. The molecular weight excluding hydrogens is 378 g/mol. The van der Waals surface area contributed by atoms with Gasteiger partial charge in [0.05, 0.1) is 12.1 Å². The van der Waals surface area contributed by atoms with E-state index in [0.717, 1.165) is 22.4 Å². The molecule has 1 heterocycles. The molecular formula is C24H21N3O3. The van der Waals surface area contributed by atoms with Gasteiger partial charge in [0.15, 0.2) is 0 Å². The van der Waals surface area contributed by atoms with Gasteiger partial charge >= 0.3 is 6.03 Å². The van der Waals surface area contributed by atoms with Crippen LogP contribution < -0.4 is 20.1 Å². The van der Waals surface area contributed by atoms with Crippen LogP contribution in [0.25, 0.3) is 10.9 Å². The number of hydrogen-bond donors (Lipinski definition) is 2. The minimum atomic E-state index is -0.293. The van der Waals surface area contributed by atoms with Crippen molar-refractivity contribution in [1.29, 1.82) is 0 Å². The van der Waals surface area contributed by atoms with Crippen LogP contribution in [0.2, 0.25) is 0 Å². The molecule has 1 aromatic heterocycles. The van der Waals surface area contributed by atoms with Crippen molar-refractivity contribution in [2.24, 2.45) is 0 Å². The van der Waals surface area contributed by atoms with Gasteiger partial charge in [0, 0.05) is 17.3 Å². The smallest absolute Gasteiger partial charge is 0.319 e. The third-order valence-electron chi connectivity index (χ3n) is 4.32. The van der Waals surface area contributed by atoms with Crippen LogP contribution in [-0.2, 0) is 0 Å². The number of fused-ring (bicyclic) bond motifs is 1. The maximum absolute atomic E-state index is 12.1. The normalized spacial score (nSPS) is 10.4. The lowest BCUT2D eigenvalue weighted by molar-refractivity contribution is 0.247. The second-order valence-electron chi connectivity index (χ2n) is 6.53. The number of amides is 2. The molecule has 0 saturated carbocycles. The van der Waals surface area contributed by atoms with Crippen LogP contribution in [-0.4, -0.2) is 24.2 Å². The van der Waals surface area contributed by atoms with Gasteiger partial charge in [-0.15, -0.1) is 0 Å². The van der Waals surface area contributed by atoms with Crippen LogP contribution in [0.15, 0.2) is 91.1 Å². The molecule has 30 heavy (non-hydrogen) atoms. The summed E-state index contributed by atoms with van der Waals surface area (Å²) >= 11 is 0. The second-order valence-corrected chi connectivity index (χ2v) is 6.53. The standard InChI is InChI=1S/C24H21N3O3/c28-24(26-15-16-29-22-12-13-23-18(17-22)5-4-14-25-23)27-19-8-10-21(11-9-19)30-20-6-2-1-3-7-20/h1-14,17H,15-16H2,(H2,26,27,28). The number of anilines is 1. The Kier molecular flexibility index (Phi) is 6.05. The average Bonchev–Trinajstić information content (AvgIpc) is 2.79. The predicted molar refractivity (Wildman–Crippen MR) is 117 cm³/mol. The van der Waals surface area contributed by atoms with Crippen molar-refractivity contribution in [3.63, 3.8) is 0 Å². The zero-order chi connectivity index (χ0) is 20.6. The first-order valence-electron chi connectivity index (χ1n) is 9.62. The number of nitrogens with zero attached hydrogens (tertiary/aromatic N) is 1. The number of benzene rings is 3. The summed E-state index contributed by atoms with van der Waals surface area (Å²) in [6.45, 7) is 0.745. The predicted octanol–water partition coefficient (Wildman–Crippen LogP) is 5.23. The molecule has 0 fully saturated rings. The van der Waals surface area contributed by atoms with Crippen LogP contribution >= 0.6 is 0 Å². The Morgan fingerprint density at radius 3 is 2.43 bits per heavy atom. The lowest BCUT2D eigenvalue weighted by Gasteiger charge is -2.10. The SMILES string of the molecule is O=C(NCCOc1ccc2ncccc2c1)Nc1ccc(Oc2ccccc2)cc1. The Balaban J connectivity index is 1.20. The number of pyridine rings is 1. The Morgan fingerprint density at radius 1 is 0.833 bits per heavy atom. The van der Waals surface area contributed by atoms with E-state index < -0.39 is 0 Å². The zero-order valence-corrected chi connectivity index (χ0v) is 16.2. The summed E-state index contributed by atoms with van der Waals surface area (Å²) in [5.41, 5.74) is 1.60. The van der Waals surface area contributed by atoms with Gasteiger partial charge in [-0.3, -0.25) is 4.98 Å². The summed E-state index contributed by atoms with van der Waals surface area (Å²) in [6.07, 6.45) is 1.76. The number of ether oxygens (including phenoxy) is 2. The van der Waals surface area contributed by atoms with E-state index >= 15 is 0 Å². The minimum absolute atomic E-state index is 0.293. The van der Waals surface area contributed by atoms with Gasteiger partial charge in [0.25, 0.3) is 0 Å². The number of nitrogens with one attached hydrogen (secondary N) is 2. The molecule has 0 radical (unpaired) electrons. The molecule has 6 nitrogen and oxygen atoms in total. The summed E-state index contributed by atoms with van der Waals surface area (Å²) < 4.78 is 11.4. The second kappa shape index (κ2) is 9.43. The average molecular weight is 399 g/mol. The maximum atomic E-state index is 12.1. The number of para-hydroxylation sites is 1. The lowest BCUT2D eigenvalue weighted by Crippen LogP contribution is -2.32. The van der Waals surface area contributed by atoms with Crippen LogP contribution in [0.5, 0.6) is 17.2 Å². The molecule has 3 aromatic carbocycles. The Bertz CT molecular complexity index is 1120. The van der Waals surface area contributed by atoms with Crippen LogP contribution in [0.4, 0.5) is 10.5 Å². The molecule has 2 amide bonds. The molecule has 0 aliphatic rings. The largest absolute Gasteiger partial charge is 0.492 e. The Labute approximate surface area is 174 Å². The van der Waals surface area contributed by atoms with E-state index in [4.69, 9.17) is 9.47 Å². The fraction of sp³-hybridized carbons (Fsp3) is 0.0833. The molecule has 2 N–H and O–H groups in total. The zero-order valence-electron chi connectivity index (χ0n) is 16.2. The van der Waals surface area contributed by atoms with Crippen molar-refractivity contribution in [2.75, 3.05) is 18.5 Å². The molecule has 0 unspecified atom stereocenters. The number of urea groups is 1. The third-order valence-corrected chi connectivity index (χ3v) is 4.32. The first kappa shape index (κ1) is 19.3. The quantitative estimate of drug-likeness (QED) is 0.418. The molecule has 4 rings (SSSR count). The molecule has 0 aliphatic heterocycles. The van der Waals surface area contributed by atoms with Crippen molar-refractivity contribution < 1.29 is 14.3 Å². The van der Waals surface area contributed by atoms with E-state index in [1.165, 1.54) is 0 Å². The number of aromatic nitrogens is 1. The molecule has 4 aromatic rings. The van der Waals surface area contributed by atoms with E-state index in [-0.39, 0.29) is 6.03 Å². The van der Waals surface area contributed by atoms with Gasteiger partial charge in [0.2, 0.25) is 0 Å². The van der Waals surface area contributed by atoms with Gasteiger partial charge in [-0.25, -0.2) is 4.79 Å². The summed E-state index contributed by atoms with van der Waals surface area (Å²) in [4.78, 5) is 16.3. The Hall–Kier alpha value is -4.06. The van der Waals surface area contributed by atoms with Crippen molar-refractivity contribution in [3.05, 3.63) is 91.1 Å². The van der Waals surface area contributed by atoms with Gasteiger partial charge in [-0.2, -0.15) is 0 Å². The minimum Gasteiger partial charge on any atom is -0.492 e. The van der Waals surface area contributed by atoms with Crippen molar-refractivity contribution in [1.82, 2.24) is 10.3 Å². The van der Waals surface area contributed by atoms with Crippen molar-refractivity contribution in [3.8, 4) is 17.2 Å². The number of carbonyl (C=O) groups excluding carboxylic acids is 1. The molecule has 0 saturated heterocycles. The van der Waals surface area contributed by atoms with E-state index in [9.17, 15) is 4.79 Å². The fourth-order valence-electron chi connectivity index (χ4n) is 2.88. The maximum Gasteiger partial charge on any atom is 0.319 e. The molecule has 0 bridgehead atoms. The molecule has 150 valence electrons. The van der Waals surface area contributed by atoms with E-state index in [2.05, 4.69) is 15.6 Å². The van der Waals surface area contributed by atoms with Crippen molar-refractivity contribution in [2.45, 2.75) is 0 Å². The molecule has 0 atom stereocenters. The first-order valence-corrected chi connectivity index (χ1v) is 9.62. The summed E-state index contributed by atoms with van der Waals surface area (Å²) in [5.74, 6) is 2.21. The van der Waals surface area contributed by atoms with Gasteiger partial charge < -0.3 is 20.1 Å². The topological polar surface area (TPSA) is 72.5 Å². The third kappa shape index (κ3) is 5.26. The highest BCUT2D eigenvalue weighted by Crippen LogP contribution is 2.22. The van der Waals surface area contributed by atoms with Gasteiger partial charge in [-0.1, -0.05) is 24.3 Å². The highest BCUT2D eigenvalue weighted by molar-refractivity contribution is 5.89. The molecule has 0 spiro atoms. The summed E-state index contributed by atoms with van der Waals surface area (Å²) in [5, 5.41) is 6.58. The van der Waals surface area contributed by atoms with Crippen LogP contribution in [0.1, 0.15) is 0 Å². The van der Waals surface area contributed by atoms with E-state index in [0.29, 0.717) is 24.6 Å². The van der Waals surface area contributed by atoms with E-state index in [1.54, 1.807) is 30.5 Å². The number of rotatable bonds is 7. The van der Waals surface area contributed by atoms with Crippen LogP contribution in [0.3, 0.4) is 0 Å². The van der Waals surface area contributed by atoms with E-state index in [1.807, 2.05) is 60.7 Å². The van der Waals surface area contributed by atoms with Crippen molar-refractivity contribution >= 4 is 22.6 Å². The molecule has 6 heteroatoms. The number of carbonyl (C=O) groups is 1. The Morgan fingerprint density at radius 2 is 1.60 bits per heavy atom. The van der Waals surface area contributed by atoms with Crippen LogP contribution in [0, 0.1) is 0 Å². The van der Waals surface area contributed by atoms with Gasteiger partial charge in [0.1, 0.15) is 23.9 Å². The summed E-state index contributed by atoms with van der Waals surface area (Å²) in [6, 6.07) is 26.0.